The van der Waals surface area contributed by atoms with Crippen molar-refractivity contribution in [2.24, 2.45) is 0 Å². The molecule has 3 aromatic carbocycles. The molecular formula is C26H24ClNO3. The number of amides is 1. The number of anilines is 2. The molecule has 5 heteroatoms. The van der Waals surface area contributed by atoms with Gasteiger partial charge in [0.1, 0.15) is 0 Å². The lowest BCUT2D eigenvalue weighted by Gasteiger charge is -2.27. The molecule has 1 amide bonds. The quantitative estimate of drug-likeness (QED) is 0.525. The van der Waals surface area contributed by atoms with E-state index in [4.69, 9.17) is 11.6 Å². The average Bonchev–Trinajstić information content (AvgIpc) is 2.95. The van der Waals surface area contributed by atoms with E-state index in [1.54, 1.807) is 23.1 Å². The molecule has 1 heterocycles. The summed E-state index contributed by atoms with van der Waals surface area (Å²) in [5, 5.41) is 9.76. The molecule has 1 aliphatic rings. The van der Waals surface area contributed by atoms with Gasteiger partial charge in [0.15, 0.2) is 0 Å². The Morgan fingerprint density at radius 2 is 1.58 bits per heavy atom. The van der Waals surface area contributed by atoms with Crippen LogP contribution in [0.1, 0.15) is 54.7 Å². The molecule has 0 aliphatic carbocycles. The van der Waals surface area contributed by atoms with Crippen LogP contribution < -0.4 is 4.90 Å². The van der Waals surface area contributed by atoms with Crippen molar-refractivity contribution in [2.75, 3.05) is 4.90 Å². The fourth-order valence-corrected chi connectivity index (χ4v) is 4.32. The Balaban J connectivity index is 1.86. The fourth-order valence-electron chi connectivity index (χ4n) is 4.14. The van der Waals surface area contributed by atoms with Gasteiger partial charge in [0.25, 0.3) is 0 Å². The second-order valence-corrected chi connectivity index (χ2v) is 9.54. The maximum Gasteiger partial charge on any atom is 0.335 e. The number of fused-ring (bicyclic) bond motifs is 1. The number of benzene rings is 3. The van der Waals surface area contributed by atoms with E-state index in [9.17, 15) is 14.7 Å². The second kappa shape index (κ2) is 7.24. The van der Waals surface area contributed by atoms with E-state index < -0.39 is 11.4 Å². The lowest BCUT2D eigenvalue weighted by atomic mass is 9.76. The number of aromatic carboxylic acids is 1. The minimum absolute atomic E-state index is 0.0122. The molecule has 0 saturated heterocycles. The molecule has 1 aliphatic heterocycles. The van der Waals surface area contributed by atoms with Gasteiger partial charge in [-0.1, -0.05) is 56.6 Å². The van der Waals surface area contributed by atoms with Gasteiger partial charge < -0.3 is 5.11 Å². The van der Waals surface area contributed by atoms with E-state index in [0.717, 1.165) is 16.8 Å². The van der Waals surface area contributed by atoms with Gasteiger partial charge in [-0.2, -0.15) is 0 Å². The zero-order valence-electron chi connectivity index (χ0n) is 17.9. The Bertz CT molecular complexity index is 1180. The summed E-state index contributed by atoms with van der Waals surface area (Å²) in [5.74, 6) is -1.10. The first-order chi connectivity index (χ1) is 14.5. The summed E-state index contributed by atoms with van der Waals surface area (Å²) in [6.45, 7) is 8.38. The smallest absolute Gasteiger partial charge is 0.335 e. The molecule has 31 heavy (non-hydrogen) atoms. The number of hydrogen-bond acceptors (Lipinski definition) is 2. The highest BCUT2D eigenvalue weighted by molar-refractivity contribution is 6.31. The molecule has 4 nitrogen and oxygen atoms in total. The monoisotopic (exact) mass is 433 g/mol. The Morgan fingerprint density at radius 3 is 2.13 bits per heavy atom. The molecular weight excluding hydrogens is 410 g/mol. The Morgan fingerprint density at radius 1 is 0.968 bits per heavy atom. The predicted molar refractivity (Wildman–Crippen MR) is 124 cm³/mol. The fraction of sp³-hybridized carbons (Fsp3) is 0.231. The number of halogens is 1. The van der Waals surface area contributed by atoms with Crippen LogP contribution in [0.2, 0.25) is 5.02 Å². The first-order valence-electron chi connectivity index (χ1n) is 10.1. The number of carboxylic acid groups (broad SMARTS) is 1. The number of rotatable bonds is 3. The van der Waals surface area contributed by atoms with Crippen LogP contribution in [0, 0.1) is 0 Å². The maximum absolute atomic E-state index is 13.9. The van der Waals surface area contributed by atoms with E-state index >= 15 is 0 Å². The molecule has 0 saturated carbocycles. The molecule has 3 aromatic rings. The molecule has 1 atom stereocenters. The topological polar surface area (TPSA) is 57.6 Å². The van der Waals surface area contributed by atoms with E-state index in [2.05, 4.69) is 32.9 Å². The Hall–Kier alpha value is -3.11. The van der Waals surface area contributed by atoms with Gasteiger partial charge in [-0.3, -0.25) is 9.69 Å². The summed E-state index contributed by atoms with van der Waals surface area (Å²) < 4.78 is 0. The van der Waals surface area contributed by atoms with Crippen molar-refractivity contribution >= 4 is 34.9 Å². The van der Waals surface area contributed by atoms with Gasteiger partial charge in [-0.15, -0.1) is 0 Å². The van der Waals surface area contributed by atoms with Gasteiger partial charge in [-0.25, -0.2) is 4.79 Å². The zero-order valence-corrected chi connectivity index (χ0v) is 18.7. The molecule has 158 valence electrons. The summed E-state index contributed by atoms with van der Waals surface area (Å²) in [6, 6.07) is 20.0. The number of carboxylic acids is 1. The van der Waals surface area contributed by atoms with Crippen LogP contribution in [0.3, 0.4) is 0 Å². The van der Waals surface area contributed by atoms with Crippen molar-refractivity contribution in [3.05, 3.63) is 94.0 Å². The molecule has 0 spiro atoms. The third kappa shape index (κ3) is 3.41. The number of carbonyl (C=O) groups is 2. The van der Waals surface area contributed by atoms with Crippen molar-refractivity contribution in [3.8, 4) is 0 Å². The van der Waals surface area contributed by atoms with E-state index in [1.165, 1.54) is 17.7 Å². The Labute approximate surface area is 187 Å². The van der Waals surface area contributed by atoms with Crippen molar-refractivity contribution in [3.63, 3.8) is 0 Å². The van der Waals surface area contributed by atoms with Crippen molar-refractivity contribution in [1.82, 2.24) is 0 Å². The maximum atomic E-state index is 13.9. The highest BCUT2D eigenvalue weighted by atomic mass is 35.5. The van der Waals surface area contributed by atoms with Gasteiger partial charge in [0.2, 0.25) is 5.91 Å². The normalized spacial score (nSPS) is 18.2. The zero-order chi connectivity index (χ0) is 22.6. The molecule has 1 N–H and O–H groups in total. The number of hydrogen-bond donors (Lipinski definition) is 1. The number of carbonyl (C=O) groups excluding carboxylic acids is 1. The van der Waals surface area contributed by atoms with Crippen LogP contribution in [0.25, 0.3) is 0 Å². The minimum Gasteiger partial charge on any atom is -0.478 e. The van der Waals surface area contributed by atoms with Crippen molar-refractivity contribution in [2.45, 2.75) is 38.5 Å². The summed E-state index contributed by atoms with van der Waals surface area (Å²) in [6.07, 6.45) is 0. The van der Waals surface area contributed by atoms with Crippen LogP contribution in [0.4, 0.5) is 11.4 Å². The second-order valence-electron chi connectivity index (χ2n) is 9.11. The predicted octanol–water partition coefficient (Wildman–Crippen LogP) is 6.32. The third-order valence-electron chi connectivity index (χ3n) is 6.07. The van der Waals surface area contributed by atoms with Crippen LogP contribution in [-0.4, -0.2) is 17.0 Å². The standard InChI is InChI=1S/C26H24ClNO3/c1-25(2,3)17-7-9-18(10-8-17)26(4)21-15-19(27)11-14-22(21)28(24(26)31)20-12-5-16(6-13-20)23(29)30/h5-15H,1-4H3,(H,29,30). The molecule has 1 unspecified atom stereocenters. The summed E-state index contributed by atoms with van der Waals surface area (Å²) >= 11 is 6.33. The van der Waals surface area contributed by atoms with E-state index in [1.807, 2.05) is 31.2 Å². The highest BCUT2D eigenvalue weighted by Crippen LogP contribution is 2.49. The lowest BCUT2D eigenvalue weighted by molar-refractivity contribution is -0.120. The van der Waals surface area contributed by atoms with Gasteiger partial charge >= 0.3 is 5.97 Å². The third-order valence-corrected chi connectivity index (χ3v) is 6.30. The lowest BCUT2D eigenvalue weighted by Crippen LogP contribution is -2.36. The van der Waals surface area contributed by atoms with Crippen molar-refractivity contribution < 1.29 is 14.7 Å². The molecule has 4 rings (SSSR count). The summed E-state index contributed by atoms with van der Waals surface area (Å²) in [7, 11) is 0. The van der Waals surface area contributed by atoms with Crippen LogP contribution in [0.15, 0.2) is 66.7 Å². The van der Waals surface area contributed by atoms with Crippen LogP contribution >= 0.6 is 11.6 Å². The van der Waals surface area contributed by atoms with Crippen molar-refractivity contribution in [1.29, 1.82) is 0 Å². The molecule has 0 aromatic heterocycles. The molecule has 0 fully saturated rings. The van der Waals surface area contributed by atoms with Crippen LogP contribution in [0.5, 0.6) is 0 Å². The molecule has 0 radical (unpaired) electrons. The largest absolute Gasteiger partial charge is 0.478 e. The minimum atomic E-state index is -1.00. The van der Waals surface area contributed by atoms with Gasteiger partial charge in [0.05, 0.1) is 16.7 Å². The van der Waals surface area contributed by atoms with Crippen LogP contribution in [-0.2, 0) is 15.6 Å². The number of nitrogens with zero attached hydrogens (tertiary/aromatic N) is 1. The molecule has 0 bridgehead atoms. The average molecular weight is 434 g/mol. The van der Waals surface area contributed by atoms with Gasteiger partial charge in [0, 0.05) is 10.7 Å². The first kappa shape index (κ1) is 21.1. The first-order valence-corrected chi connectivity index (χ1v) is 10.5. The SMILES string of the molecule is CC(C)(C)c1ccc(C2(C)C(=O)N(c3ccc(C(=O)O)cc3)c3ccc(Cl)cc32)cc1. The van der Waals surface area contributed by atoms with E-state index in [0.29, 0.717) is 10.7 Å². The Kier molecular flexibility index (Phi) is 4.94. The summed E-state index contributed by atoms with van der Waals surface area (Å²) in [5.41, 5.74) is 3.55. The summed E-state index contributed by atoms with van der Waals surface area (Å²) in [4.78, 5) is 26.7. The highest BCUT2D eigenvalue weighted by Gasteiger charge is 2.49. The van der Waals surface area contributed by atoms with Gasteiger partial charge in [-0.05, 0) is 71.5 Å². The van der Waals surface area contributed by atoms with E-state index in [-0.39, 0.29) is 16.9 Å².